The van der Waals surface area contributed by atoms with Gasteiger partial charge in [-0.3, -0.25) is 4.90 Å². The van der Waals surface area contributed by atoms with Gasteiger partial charge in [0.1, 0.15) is 0 Å². The number of hydrogen-bond donors (Lipinski definition) is 1. The van der Waals surface area contributed by atoms with Crippen molar-refractivity contribution < 1.29 is 0 Å². The number of hydrogen-bond acceptors (Lipinski definition) is 2. The molecule has 0 spiro atoms. The molecule has 0 aromatic rings. The molecule has 1 heterocycles. The van der Waals surface area contributed by atoms with E-state index in [0.717, 1.165) is 23.9 Å². The summed E-state index contributed by atoms with van der Waals surface area (Å²) in [4.78, 5) is 2.71. The van der Waals surface area contributed by atoms with Crippen LogP contribution in [0.3, 0.4) is 0 Å². The zero-order chi connectivity index (χ0) is 12.4. The standard InChI is InChI=1S/C16H30N2/c1-13-2-4-14(5-3-13)8-10-17-15-9-11-18(12-15)16-6-7-16/h13-17H,2-12H2,1H3. The molecule has 0 bridgehead atoms. The second kappa shape index (κ2) is 5.92. The van der Waals surface area contributed by atoms with E-state index in [0.29, 0.717) is 0 Å². The van der Waals surface area contributed by atoms with Crippen LogP contribution in [0.4, 0.5) is 0 Å². The first-order valence-electron chi connectivity index (χ1n) is 8.28. The highest BCUT2D eigenvalue weighted by atomic mass is 15.2. The Hall–Kier alpha value is -0.0800. The average molecular weight is 250 g/mol. The molecule has 2 nitrogen and oxygen atoms in total. The Kier molecular flexibility index (Phi) is 4.25. The molecule has 1 aliphatic heterocycles. The van der Waals surface area contributed by atoms with Gasteiger partial charge in [0.25, 0.3) is 0 Å². The second-order valence-electron chi connectivity index (χ2n) is 7.08. The minimum absolute atomic E-state index is 0.799. The molecular weight excluding hydrogens is 220 g/mol. The van der Waals surface area contributed by atoms with Crippen molar-refractivity contribution in [1.29, 1.82) is 0 Å². The summed E-state index contributed by atoms with van der Waals surface area (Å²) >= 11 is 0. The van der Waals surface area contributed by atoms with E-state index < -0.39 is 0 Å². The SMILES string of the molecule is CC1CCC(CCNC2CCN(C3CC3)C2)CC1. The first kappa shape index (κ1) is 12.9. The Morgan fingerprint density at radius 3 is 2.50 bits per heavy atom. The number of rotatable bonds is 5. The fraction of sp³-hybridized carbons (Fsp3) is 1.00. The van der Waals surface area contributed by atoms with E-state index in [2.05, 4.69) is 17.1 Å². The maximum Gasteiger partial charge on any atom is 0.0207 e. The third-order valence-corrected chi connectivity index (χ3v) is 5.40. The van der Waals surface area contributed by atoms with E-state index in [1.807, 2.05) is 0 Å². The Morgan fingerprint density at radius 2 is 1.78 bits per heavy atom. The van der Waals surface area contributed by atoms with Gasteiger partial charge >= 0.3 is 0 Å². The van der Waals surface area contributed by atoms with Crippen molar-refractivity contribution in [2.24, 2.45) is 11.8 Å². The minimum Gasteiger partial charge on any atom is -0.313 e. The lowest BCUT2D eigenvalue weighted by atomic mass is 9.81. The lowest BCUT2D eigenvalue weighted by molar-refractivity contribution is 0.270. The fourth-order valence-corrected chi connectivity index (χ4v) is 3.83. The van der Waals surface area contributed by atoms with Gasteiger partial charge in [-0.05, 0) is 44.1 Å². The van der Waals surface area contributed by atoms with Crippen LogP contribution in [-0.4, -0.2) is 36.6 Å². The molecule has 0 amide bonds. The summed E-state index contributed by atoms with van der Waals surface area (Å²) < 4.78 is 0. The topological polar surface area (TPSA) is 15.3 Å². The quantitative estimate of drug-likeness (QED) is 0.807. The van der Waals surface area contributed by atoms with E-state index >= 15 is 0 Å². The molecule has 1 saturated heterocycles. The molecule has 2 saturated carbocycles. The summed E-state index contributed by atoms with van der Waals surface area (Å²) in [6.07, 6.45) is 11.7. The predicted molar refractivity (Wildman–Crippen MR) is 76.7 cm³/mol. The van der Waals surface area contributed by atoms with E-state index in [1.54, 1.807) is 0 Å². The molecule has 0 aromatic heterocycles. The smallest absolute Gasteiger partial charge is 0.0207 e. The summed E-state index contributed by atoms with van der Waals surface area (Å²) in [5.41, 5.74) is 0. The fourth-order valence-electron chi connectivity index (χ4n) is 3.83. The summed E-state index contributed by atoms with van der Waals surface area (Å²) in [5.74, 6) is 2.02. The van der Waals surface area contributed by atoms with Crippen molar-refractivity contribution in [3.8, 4) is 0 Å². The minimum atomic E-state index is 0.799. The Labute approximate surface area is 113 Å². The zero-order valence-corrected chi connectivity index (χ0v) is 12.0. The molecule has 3 fully saturated rings. The van der Waals surface area contributed by atoms with Crippen LogP contribution < -0.4 is 5.32 Å². The van der Waals surface area contributed by atoms with Gasteiger partial charge < -0.3 is 5.32 Å². The lowest BCUT2D eigenvalue weighted by Gasteiger charge is -2.26. The normalized spacial score (nSPS) is 38.2. The Morgan fingerprint density at radius 1 is 1.00 bits per heavy atom. The van der Waals surface area contributed by atoms with Crippen molar-refractivity contribution >= 4 is 0 Å². The molecule has 104 valence electrons. The first-order chi connectivity index (χ1) is 8.81. The average Bonchev–Trinajstić information content (AvgIpc) is 3.12. The molecule has 0 aromatic carbocycles. The summed E-state index contributed by atoms with van der Waals surface area (Å²) in [5, 5.41) is 3.81. The van der Waals surface area contributed by atoms with Gasteiger partial charge in [-0.15, -0.1) is 0 Å². The van der Waals surface area contributed by atoms with Crippen LogP contribution >= 0.6 is 0 Å². The first-order valence-corrected chi connectivity index (χ1v) is 8.28. The molecule has 3 rings (SSSR count). The van der Waals surface area contributed by atoms with Gasteiger partial charge in [0.2, 0.25) is 0 Å². The van der Waals surface area contributed by atoms with Crippen LogP contribution in [0.15, 0.2) is 0 Å². The zero-order valence-electron chi connectivity index (χ0n) is 12.0. The van der Waals surface area contributed by atoms with Crippen LogP contribution in [0, 0.1) is 11.8 Å². The molecule has 0 radical (unpaired) electrons. The van der Waals surface area contributed by atoms with Gasteiger partial charge in [0, 0.05) is 25.2 Å². The van der Waals surface area contributed by atoms with Crippen molar-refractivity contribution in [2.45, 2.75) is 70.4 Å². The molecule has 1 unspecified atom stereocenters. The van der Waals surface area contributed by atoms with Crippen molar-refractivity contribution in [3.63, 3.8) is 0 Å². The highest BCUT2D eigenvalue weighted by Crippen LogP contribution is 2.31. The largest absolute Gasteiger partial charge is 0.313 e. The Bertz CT molecular complexity index is 254. The molecule has 1 N–H and O–H groups in total. The lowest BCUT2D eigenvalue weighted by Crippen LogP contribution is -2.34. The maximum atomic E-state index is 3.81. The van der Waals surface area contributed by atoms with Gasteiger partial charge in [-0.25, -0.2) is 0 Å². The van der Waals surface area contributed by atoms with Crippen LogP contribution in [0.2, 0.25) is 0 Å². The molecule has 18 heavy (non-hydrogen) atoms. The third-order valence-electron chi connectivity index (χ3n) is 5.40. The highest BCUT2D eigenvalue weighted by Gasteiger charge is 2.34. The van der Waals surface area contributed by atoms with E-state index in [1.165, 1.54) is 71.0 Å². The van der Waals surface area contributed by atoms with Crippen molar-refractivity contribution in [1.82, 2.24) is 10.2 Å². The number of nitrogens with zero attached hydrogens (tertiary/aromatic N) is 1. The van der Waals surface area contributed by atoms with E-state index in [-0.39, 0.29) is 0 Å². The monoisotopic (exact) mass is 250 g/mol. The van der Waals surface area contributed by atoms with Crippen molar-refractivity contribution in [2.75, 3.05) is 19.6 Å². The summed E-state index contributed by atoms with van der Waals surface area (Å²) in [6.45, 7) is 6.36. The van der Waals surface area contributed by atoms with Crippen LogP contribution in [0.25, 0.3) is 0 Å². The van der Waals surface area contributed by atoms with Gasteiger partial charge in [0.05, 0.1) is 0 Å². The van der Waals surface area contributed by atoms with Crippen LogP contribution in [0.1, 0.15) is 58.3 Å². The highest BCUT2D eigenvalue weighted by molar-refractivity contribution is 4.91. The van der Waals surface area contributed by atoms with Crippen molar-refractivity contribution in [3.05, 3.63) is 0 Å². The summed E-state index contributed by atoms with van der Waals surface area (Å²) in [6, 6.07) is 1.77. The van der Waals surface area contributed by atoms with Crippen LogP contribution in [0.5, 0.6) is 0 Å². The number of likely N-dealkylation sites (tertiary alicyclic amines) is 1. The van der Waals surface area contributed by atoms with Gasteiger partial charge in [-0.1, -0.05) is 32.6 Å². The van der Waals surface area contributed by atoms with E-state index in [4.69, 9.17) is 0 Å². The molecule has 2 aliphatic carbocycles. The molecule has 3 aliphatic rings. The molecular formula is C16H30N2. The second-order valence-corrected chi connectivity index (χ2v) is 7.08. The van der Waals surface area contributed by atoms with Gasteiger partial charge in [0.15, 0.2) is 0 Å². The predicted octanol–water partition coefficient (Wildman–Crippen LogP) is 3.03. The molecule has 2 heteroatoms. The number of nitrogens with one attached hydrogen (secondary N) is 1. The van der Waals surface area contributed by atoms with Gasteiger partial charge in [-0.2, -0.15) is 0 Å². The third kappa shape index (κ3) is 3.48. The van der Waals surface area contributed by atoms with Crippen LogP contribution in [-0.2, 0) is 0 Å². The Balaban J connectivity index is 1.28. The van der Waals surface area contributed by atoms with E-state index in [9.17, 15) is 0 Å². The summed E-state index contributed by atoms with van der Waals surface area (Å²) in [7, 11) is 0. The maximum absolute atomic E-state index is 3.81. The molecule has 1 atom stereocenters.